The number of fused-ring (bicyclic) bond motifs is 1. The van der Waals surface area contributed by atoms with Crippen molar-refractivity contribution in [2.45, 2.75) is 0 Å². The number of carbonyl (C=O) groups excluding carboxylic acids is 2. The van der Waals surface area contributed by atoms with Gasteiger partial charge in [-0.25, -0.2) is 4.79 Å². The highest BCUT2D eigenvalue weighted by atomic mass is 35.5. The highest BCUT2D eigenvalue weighted by Crippen LogP contribution is 2.36. The molecule has 0 saturated carbocycles. The molecule has 0 unspecified atom stereocenters. The second-order valence-corrected chi connectivity index (χ2v) is 7.30. The molecule has 3 amide bonds. The van der Waals surface area contributed by atoms with Gasteiger partial charge in [0.25, 0.3) is 0 Å². The number of aromatic nitrogens is 1. The van der Waals surface area contributed by atoms with Gasteiger partial charge in [-0.3, -0.25) is 4.79 Å². The number of nitrogens with one attached hydrogen (secondary N) is 3. The number of carbonyl (C=O) groups is 2. The Balaban J connectivity index is 1.30. The number of H-pyrrole nitrogens is 1. The summed E-state index contributed by atoms with van der Waals surface area (Å²) in [7, 11) is 0. The number of hydrogen-bond acceptors (Lipinski definition) is 5. The van der Waals surface area contributed by atoms with Crippen LogP contribution < -0.4 is 15.4 Å². The third-order valence-electron chi connectivity index (χ3n) is 4.48. The highest BCUT2D eigenvalue weighted by molar-refractivity contribution is 6.31. The Hall–Kier alpha value is -4.37. The smallest absolute Gasteiger partial charge is 0.323 e. The van der Waals surface area contributed by atoms with Gasteiger partial charge in [0.1, 0.15) is 5.75 Å². The Morgan fingerprint density at radius 1 is 0.970 bits per heavy atom. The van der Waals surface area contributed by atoms with Gasteiger partial charge < -0.3 is 25.5 Å². The molecule has 10 heteroatoms. The molecule has 4 rings (SSSR count). The van der Waals surface area contributed by atoms with Crippen LogP contribution in [0.4, 0.5) is 21.9 Å². The number of nitrogens with zero attached hydrogens (tertiary/aromatic N) is 2. The molecule has 166 valence electrons. The van der Waals surface area contributed by atoms with Gasteiger partial charge in [0, 0.05) is 21.8 Å². The molecule has 0 aliphatic rings. The van der Waals surface area contributed by atoms with E-state index in [2.05, 4.69) is 25.8 Å². The lowest BCUT2D eigenvalue weighted by Gasteiger charge is -2.08. The average Bonchev–Trinajstić information content (AvgIpc) is 3.12. The van der Waals surface area contributed by atoms with Gasteiger partial charge in [0.05, 0.1) is 5.52 Å². The van der Waals surface area contributed by atoms with E-state index in [0.717, 1.165) is 0 Å². The van der Waals surface area contributed by atoms with Gasteiger partial charge in [-0.05, 0) is 54.6 Å². The standard InChI is InChI=1S/C23H18ClN5O4/c24-14-6-11-19-18(12-14)21(22(31)27-19)29-28-20(30)13-33-17-9-7-16(8-10-17)26-23(32)25-15-4-2-1-3-5-15/h1-12,27,31H,13H2,(H2,25,26,32). The lowest BCUT2D eigenvalue weighted by Crippen LogP contribution is -2.19. The van der Waals surface area contributed by atoms with E-state index in [1.54, 1.807) is 54.6 Å². The average molecular weight is 464 g/mol. The topological polar surface area (TPSA) is 128 Å². The first kappa shape index (κ1) is 21.8. The summed E-state index contributed by atoms with van der Waals surface area (Å²) in [4.78, 5) is 26.8. The number of halogens is 1. The van der Waals surface area contributed by atoms with Crippen molar-refractivity contribution in [1.82, 2.24) is 4.98 Å². The molecule has 4 aromatic rings. The van der Waals surface area contributed by atoms with E-state index in [4.69, 9.17) is 16.3 Å². The fraction of sp³-hybridized carbons (Fsp3) is 0.0435. The van der Waals surface area contributed by atoms with E-state index in [1.807, 2.05) is 18.2 Å². The number of aromatic amines is 1. The van der Waals surface area contributed by atoms with Crippen LogP contribution in [0, 0.1) is 0 Å². The van der Waals surface area contributed by atoms with Crippen molar-refractivity contribution in [3.05, 3.63) is 77.8 Å². The summed E-state index contributed by atoms with van der Waals surface area (Å²) in [6, 6.07) is 20.1. The number of amides is 3. The normalized spacial score (nSPS) is 10.9. The van der Waals surface area contributed by atoms with Crippen molar-refractivity contribution < 1.29 is 19.4 Å². The zero-order valence-corrected chi connectivity index (χ0v) is 17.8. The molecule has 0 fully saturated rings. The van der Waals surface area contributed by atoms with Crippen LogP contribution in [0.25, 0.3) is 10.9 Å². The summed E-state index contributed by atoms with van der Waals surface area (Å²) in [6.45, 7) is -0.353. The number of aromatic hydroxyl groups is 1. The number of benzene rings is 3. The molecule has 0 saturated heterocycles. The summed E-state index contributed by atoms with van der Waals surface area (Å²) in [5.41, 5.74) is 1.95. The molecule has 0 aliphatic heterocycles. The van der Waals surface area contributed by atoms with E-state index in [0.29, 0.717) is 33.0 Å². The molecule has 1 aromatic heterocycles. The van der Waals surface area contributed by atoms with Gasteiger partial charge in [-0.1, -0.05) is 29.8 Å². The first-order valence-electron chi connectivity index (χ1n) is 9.78. The number of urea groups is 1. The zero-order valence-electron chi connectivity index (χ0n) is 17.1. The maximum atomic E-state index is 12.0. The predicted octanol–water partition coefficient (Wildman–Crippen LogP) is 5.86. The Labute approximate surface area is 193 Å². The Kier molecular flexibility index (Phi) is 6.51. The summed E-state index contributed by atoms with van der Waals surface area (Å²) in [6.07, 6.45) is 0. The van der Waals surface area contributed by atoms with Crippen molar-refractivity contribution in [1.29, 1.82) is 0 Å². The van der Waals surface area contributed by atoms with Crippen LogP contribution in [0.15, 0.2) is 83.0 Å². The third-order valence-corrected chi connectivity index (χ3v) is 4.72. The molecule has 0 aliphatic carbocycles. The van der Waals surface area contributed by atoms with Crippen LogP contribution in [0.2, 0.25) is 5.02 Å². The van der Waals surface area contributed by atoms with E-state index in [1.165, 1.54) is 0 Å². The summed E-state index contributed by atoms with van der Waals surface area (Å²) >= 11 is 5.97. The quantitative estimate of drug-likeness (QED) is 0.267. The lowest BCUT2D eigenvalue weighted by molar-refractivity contribution is -0.120. The predicted molar refractivity (Wildman–Crippen MR) is 126 cm³/mol. The van der Waals surface area contributed by atoms with E-state index < -0.39 is 5.91 Å². The second-order valence-electron chi connectivity index (χ2n) is 6.86. The number of azo groups is 1. The number of anilines is 2. The van der Waals surface area contributed by atoms with Crippen molar-refractivity contribution in [3.8, 4) is 11.6 Å². The molecule has 0 atom stereocenters. The van der Waals surface area contributed by atoms with Crippen LogP contribution in [0.1, 0.15) is 0 Å². The highest BCUT2D eigenvalue weighted by Gasteiger charge is 2.12. The van der Waals surface area contributed by atoms with Crippen LogP contribution in [-0.2, 0) is 4.79 Å². The number of rotatable bonds is 6. The monoisotopic (exact) mass is 463 g/mol. The van der Waals surface area contributed by atoms with Crippen molar-refractivity contribution in [2.24, 2.45) is 10.2 Å². The molecule has 0 bridgehead atoms. The number of ether oxygens (including phenoxy) is 1. The van der Waals surface area contributed by atoms with Crippen molar-refractivity contribution >= 4 is 51.5 Å². The Morgan fingerprint density at radius 3 is 2.39 bits per heavy atom. The third kappa shape index (κ3) is 5.66. The largest absolute Gasteiger partial charge is 0.493 e. The van der Waals surface area contributed by atoms with E-state index >= 15 is 0 Å². The maximum absolute atomic E-state index is 12.0. The number of para-hydroxylation sites is 1. The molecule has 0 spiro atoms. The summed E-state index contributed by atoms with van der Waals surface area (Å²) < 4.78 is 5.41. The Bertz CT molecular complexity index is 1320. The van der Waals surface area contributed by atoms with Crippen LogP contribution >= 0.6 is 11.6 Å². The summed E-state index contributed by atoms with van der Waals surface area (Å²) in [5.74, 6) is -0.450. The zero-order chi connectivity index (χ0) is 23.2. The van der Waals surface area contributed by atoms with Crippen LogP contribution in [0.5, 0.6) is 11.6 Å². The fourth-order valence-electron chi connectivity index (χ4n) is 2.97. The van der Waals surface area contributed by atoms with Gasteiger partial charge in [0.15, 0.2) is 12.3 Å². The fourth-order valence-corrected chi connectivity index (χ4v) is 3.14. The first-order valence-corrected chi connectivity index (χ1v) is 10.2. The molecular formula is C23H18ClN5O4. The van der Waals surface area contributed by atoms with Gasteiger partial charge in [-0.2, -0.15) is 0 Å². The molecule has 33 heavy (non-hydrogen) atoms. The lowest BCUT2D eigenvalue weighted by atomic mass is 10.2. The molecule has 0 radical (unpaired) electrons. The van der Waals surface area contributed by atoms with E-state index in [-0.39, 0.29) is 24.2 Å². The summed E-state index contributed by atoms with van der Waals surface area (Å²) in [5, 5.41) is 23.8. The van der Waals surface area contributed by atoms with E-state index in [9.17, 15) is 14.7 Å². The van der Waals surface area contributed by atoms with Gasteiger partial charge in [-0.15, -0.1) is 10.2 Å². The molecule has 1 heterocycles. The second kappa shape index (κ2) is 9.84. The minimum Gasteiger partial charge on any atom is -0.493 e. The molecule has 3 aromatic carbocycles. The molecule has 4 N–H and O–H groups in total. The van der Waals surface area contributed by atoms with Gasteiger partial charge in [0.2, 0.25) is 5.88 Å². The number of hydrogen-bond donors (Lipinski definition) is 4. The molecule has 9 nitrogen and oxygen atoms in total. The van der Waals surface area contributed by atoms with Gasteiger partial charge >= 0.3 is 11.9 Å². The van der Waals surface area contributed by atoms with Crippen LogP contribution in [0.3, 0.4) is 0 Å². The molecular weight excluding hydrogens is 446 g/mol. The minimum absolute atomic E-state index is 0.116. The first-order chi connectivity index (χ1) is 16.0. The van der Waals surface area contributed by atoms with Crippen molar-refractivity contribution in [2.75, 3.05) is 17.2 Å². The van der Waals surface area contributed by atoms with Crippen LogP contribution in [-0.4, -0.2) is 28.6 Å². The minimum atomic E-state index is -0.643. The Morgan fingerprint density at radius 2 is 1.67 bits per heavy atom. The maximum Gasteiger partial charge on any atom is 0.323 e. The SMILES string of the molecule is O=C(COc1ccc(NC(=O)Nc2ccccc2)cc1)N=Nc1c(O)[nH]c2ccc(Cl)cc12. The van der Waals surface area contributed by atoms with Crippen molar-refractivity contribution in [3.63, 3.8) is 0 Å².